The maximum Gasteiger partial charge on any atom is 0.416 e. The molecule has 0 fully saturated rings. The molecule has 0 spiro atoms. The van der Waals surface area contributed by atoms with Crippen LogP contribution in [-0.4, -0.2) is 24.2 Å². The lowest BCUT2D eigenvalue weighted by atomic mass is 10.2. The Morgan fingerprint density at radius 1 is 1.00 bits per heavy atom. The molecule has 2 aromatic carbocycles. The number of halogens is 3. The van der Waals surface area contributed by atoms with E-state index in [2.05, 4.69) is 10.5 Å². The van der Waals surface area contributed by atoms with Gasteiger partial charge in [-0.3, -0.25) is 4.79 Å². The smallest absolute Gasteiger partial charge is 0.416 e. The number of carbonyl (C=O) groups excluding carboxylic acids is 1. The van der Waals surface area contributed by atoms with Gasteiger partial charge in [0.05, 0.1) is 23.4 Å². The topological polar surface area (TPSA) is 73.6 Å². The van der Waals surface area contributed by atoms with Gasteiger partial charge >= 0.3 is 6.18 Å². The summed E-state index contributed by atoms with van der Waals surface area (Å²) in [6.45, 7) is 4.28. The van der Waals surface area contributed by atoms with Gasteiger partial charge < -0.3 is 19.3 Å². The van der Waals surface area contributed by atoms with Crippen LogP contribution < -0.4 is 14.8 Å². The normalized spacial score (nSPS) is 11.3. The number of ether oxygens (including phenoxy) is 2. The van der Waals surface area contributed by atoms with Crippen LogP contribution in [0.4, 0.5) is 13.2 Å². The lowest BCUT2D eigenvalue weighted by Crippen LogP contribution is -2.28. The molecule has 9 heteroatoms. The number of rotatable bonds is 8. The van der Waals surface area contributed by atoms with E-state index in [0.717, 1.165) is 23.4 Å². The minimum Gasteiger partial charge on any atom is -0.492 e. The molecule has 31 heavy (non-hydrogen) atoms. The van der Waals surface area contributed by atoms with Crippen molar-refractivity contribution in [3.8, 4) is 11.5 Å². The number of amides is 1. The number of alkyl halides is 3. The van der Waals surface area contributed by atoms with Gasteiger partial charge in [-0.05, 0) is 62.4 Å². The molecule has 0 bridgehead atoms. The Kier molecular flexibility index (Phi) is 6.84. The third-order valence-electron chi connectivity index (χ3n) is 4.52. The van der Waals surface area contributed by atoms with Crippen LogP contribution in [0.3, 0.4) is 0 Å². The quantitative estimate of drug-likeness (QED) is 0.521. The average molecular weight is 434 g/mol. The number of carbonyl (C=O) groups is 1. The monoisotopic (exact) mass is 434 g/mol. The van der Waals surface area contributed by atoms with Crippen LogP contribution in [0.5, 0.6) is 11.5 Å². The third-order valence-corrected chi connectivity index (χ3v) is 4.52. The van der Waals surface area contributed by atoms with Crippen LogP contribution in [0.1, 0.15) is 32.9 Å². The Morgan fingerprint density at radius 3 is 2.19 bits per heavy atom. The van der Waals surface area contributed by atoms with E-state index >= 15 is 0 Å². The molecule has 0 radical (unpaired) electrons. The van der Waals surface area contributed by atoms with Gasteiger partial charge in [-0.2, -0.15) is 13.2 Å². The van der Waals surface area contributed by atoms with E-state index in [9.17, 15) is 18.0 Å². The molecule has 1 heterocycles. The average Bonchev–Trinajstić information content (AvgIpc) is 3.07. The zero-order chi connectivity index (χ0) is 22.4. The first-order valence-electron chi connectivity index (χ1n) is 9.47. The highest BCUT2D eigenvalue weighted by Gasteiger charge is 2.30. The van der Waals surface area contributed by atoms with E-state index in [1.165, 1.54) is 12.1 Å². The maximum absolute atomic E-state index is 12.5. The van der Waals surface area contributed by atoms with Crippen molar-refractivity contribution in [2.75, 3.05) is 13.2 Å². The van der Waals surface area contributed by atoms with Gasteiger partial charge in [0.1, 0.15) is 30.5 Å². The number of hydrogen-bond acceptors (Lipinski definition) is 5. The molecular weight excluding hydrogens is 413 g/mol. The SMILES string of the molecule is Cc1noc(C)c1COc1ccc(C(=O)NCCOc2ccc(C(F)(F)F)cc2)cc1. The molecule has 0 saturated carbocycles. The van der Waals surface area contributed by atoms with Gasteiger partial charge in [0, 0.05) is 5.56 Å². The highest BCUT2D eigenvalue weighted by molar-refractivity contribution is 5.94. The van der Waals surface area contributed by atoms with Crippen LogP contribution in [0.15, 0.2) is 53.1 Å². The van der Waals surface area contributed by atoms with Gasteiger partial charge in [-0.25, -0.2) is 0 Å². The molecule has 0 aliphatic rings. The van der Waals surface area contributed by atoms with Crippen molar-refractivity contribution in [3.05, 3.63) is 76.7 Å². The van der Waals surface area contributed by atoms with Gasteiger partial charge in [-0.15, -0.1) is 0 Å². The number of aryl methyl sites for hydroxylation is 2. The molecule has 0 aliphatic heterocycles. The second-order valence-electron chi connectivity index (χ2n) is 6.74. The highest BCUT2D eigenvalue weighted by Crippen LogP contribution is 2.30. The fourth-order valence-corrected chi connectivity index (χ4v) is 2.74. The van der Waals surface area contributed by atoms with E-state index in [1.54, 1.807) is 24.3 Å². The van der Waals surface area contributed by atoms with Crippen molar-refractivity contribution >= 4 is 5.91 Å². The summed E-state index contributed by atoms with van der Waals surface area (Å²) < 4.78 is 53.8. The molecule has 1 N–H and O–H groups in total. The fourth-order valence-electron chi connectivity index (χ4n) is 2.74. The molecular formula is C22H21F3N2O4. The van der Waals surface area contributed by atoms with Crippen LogP contribution in [0.25, 0.3) is 0 Å². The summed E-state index contributed by atoms with van der Waals surface area (Å²) in [7, 11) is 0. The largest absolute Gasteiger partial charge is 0.492 e. The van der Waals surface area contributed by atoms with Crippen molar-refractivity contribution in [2.45, 2.75) is 26.6 Å². The molecule has 6 nitrogen and oxygen atoms in total. The molecule has 3 aromatic rings. The Labute approximate surface area is 177 Å². The van der Waals surface area contributed by atoms with Crippen molar-refractivity contribution < 1.29 is 32.0 Å². The van der Waals surface area contributed by atoms with Crippen LogP contribution >= 0.6 is 0 Å². The van der Waals surface area contributed by atoms with E-state index in [-0.39, 0.29) is 19.1 Å². The van der Waals surface area contributed by atoms with Crippen LogP contribution in [-0.2, 0) is 12.8 Å². The number of nitrogens with one attached hydrogen (secondary N) is 1. The molecule has 0 aliphatic carbocycles. The lowest BCUT2D eigenvalue weighted by molar-refractivity contribution is -0.137. The zero-order valence-corrected chi connectivity index (χ0v) is 17.0. The first-order chi connectivity index (χ1) is 14.7. The Hall–Kier alpha value is -3.49. The van der Waals surface area contributed by atoms with Gasteiger partial charge in [0.25, 0.3) is 5.91 Å². The van der Waals surface area contributed by atoms with Crippen LogP contribution in [0, 0.1) is 13.8 Å². The number of benzene rings is 2. The molecule has 0 unspecified atom stereocenters. The number of aromatic nitrogens is 1. The first-order valence-corrected chi connectivity index (χ1v) is 9.47. The van der Waals surface area contributed by atoms with Crippen molar-refractivity contribution in [3.63, 3.8) is 0 Å². The molecule has 164 valence electrons. The Balaban J connectivity index is 1.42. The number of nitrogens with zero attached hydrogens (tertiary/aromatic N) is 1. The standard InChI is InChI=1S/C22H21F3N2O4/c1-14-20(15(2)31-27-14)13-30-19-7-3-16(4-8-19)21(28)26-11-12-29-18-9-5-17(6-10-18)22(23,24)25/h3-10H,11-13H2,1-2H3,(H,26,28). The van der Waals surface area contributed by atoms with Gasteiger partial charge in [0.2, 0.25) is 0 Å². The predicted octanol–water partition coefficient (Wildman–Crippen LogP) is 4.70. The summed E-state index contributed by atoms with van der Waals surface area (Å²) in [5, 5.41) is 6.56. The van der Waals surface area contributed by atoms with E-state index in [0.29, 0.717) is 29.4 Å². The number of hydrogen-bond donors (Lipinski definition) is 1. The summed E-state index contributed by atoms with van der Waals surface area (Å²) in [6.07, 6.45) is -4.39. The molecule has 0 atom stereocenters. The first kappa shape index (κ1) is 22.2. The van der Waals surface area contributed by atoms with E-state index < -0.39 is 11.7 Å². The molecule has 1 amide bonds. The second kappa shape index (κ2) is 9.55. The Morgan fingerprint density at radius 2 is 1.61 bits per heavy atom. The van der Waals surface area contributed by atoms with E-state index in [1.807, 2.05) is 13.8 Å². The van der Waals surface area contributed by atoms with Crippen molar-refractivity contribution in [2.24, 2.45) is 0 Å². The lowest BCUT2D eigenvalue weighted by Gasteiger charge is -2.10. The molecule has 0 saturated heterocycles. The van der Waals surface area contributed by atoms with Crippen LogP contribution in [0.2, 0.25) is 0 Å². The van der Waals surface area contributed by atoms with Crippen molar-refractivity contribution in [1.29, 1.82) is 0 Å². The predicted molar refractivity (Wildman–Crippen MR) is 106 cm³/mol. The third kappa shape index (κ3) is 6.00. The maximum atomic E-state index is 12.5. The molecule has 1 aromatic heterocycles. The zero-order valence-electron chi connectivity index (χ0n) is 17.0. The second-order valence-corrected chi connectivity index (χ2v) is 6.74. The summed E-state index contributed by atoms with van der Waals surface area (Å²) >= 11 is 0. The van der Waals surface area contributed by atoms with Gasteiger partial charge in [0.15, 0.2) is 0 Å². The van der Waals surface area contributed by atoms with Crippen molar-refractivity contribution in [1.82, 2.24) is 10.5 Å². The summed E-state index contributed by atoms with van der Waals surface area (Å²) in [6, 6.07) is 11.0. The highest BCUT2D eigenvalue weighted by atomic mass is 19.4. The fraction of sp³-hybridized carbons (Fsp3) is 0.273. The van der Waals surface area contributed by atoms with E-state index in [4.69, 9.17) is 14.0 Å². The minimum absolute atomic E-state index is 0.121. The van der Waals surface area contributed by atoms with Gasteiger partial charge in [-0.1, -0.05) is 5.16 Å². The summed E-state index contributed by atoms with van der Waals surface area (Å²) in [4.78, 5) is 12.2. The minimum atomic E-state index is -4.39. The molecule has 3 rings (SSSR count). The summed E-state index contributed by atoms with van der Waals surface area (Å²) in [5.74, 6) is 1.30. The Bertz CT molecular complexity index is 993. The summed E-state index contributed by atoms with van der Waals surface area (Å²) in [5.41, 5.74) is 1.35.